The van der Waals surface area contributed by atoms with E-state index in [9.17, 15) is 4.79 Å². The number of ether oxygens (including phenoxy) is 2. The Labute approximate surface area is 139 Å². The Bertz CT molecular complexity index is 439. The van der Waals surface area contributed by atoms with Gasteiger partial charge in [-0.15, -0.1) is 0 Å². The predicted octanol–water partition coefficient (Wildman–Crippen LogP) is 2.73. The van der Waals surface area contributed by atoms with E-state index in [-0.39, 0.29) is 6.09 Å². The molecule has 0 aromatic heterocycles. The van der Waals surface area contributed by atoms with Gasteiger partial charge in [0.25, 0.3) is 0 Å². The van der Waals surface area contributed by atoms with Crippen LogP contribution in [0.3, 0.4) is 0 Å². The molecule has 23 heavy (non-hydrogen) atoms. The van der Waals surface area contributed by atoms with Crippen LogP contribution in [0.2, 0.25) is 0 Å². The number of hydrogen-bond acceptors (Lipinski definition) is 5. The first-order valence-electron chi connectivity index (χ1n) is 8.37. The van der Waals surface area contributed by atoms with E-state index < -0.39 is 5.60 Å². The largest absolute Gasteiger partial charge is 0.444 e. The second-order valence-electron chi connectivity index (χ2n) is 6.68. The molecule has 0 unspecified atom stereocenters. The Hall–Kier alpha value is -1.56. The van der Waals surface area contributed by atoms with Crippen LogP contribution in [0, 0.1) is 0 Å². The molecule has 1 amide bonds. The molecule has 0 saturated carbocycles. The third kappa shape index (κ3) is 7.50. The third-order valence-corrected chi connectivity index (χ3v) is 3.36. The molecular formula is C17H31N3O3. The molecule has 1 heterocycles. The van der Waals surface area contributed by atoms with Crippen LogP contribution in [-0.4, -0.2) is 55.2 Å². The number of aliphatic imine (C=N–C) groups is 1. The zero-order valence-corrected chi connectivity index (χ0v) is 14.9. The van der Waals surface area contributed by atoms with Crippen molar-refractivity contribution >= 4 is 11.8 Å². The summed E-state index contributed by atoms with van der Waals surface area (Å²) >= 11 is 0. The van der Waals surface area contributed by atoms with E-state index in [2.05, 4.69) is 11.9 Å². The Balaban J connectivity index is 2.43. The SMILES string of the molecule is CCCCCOCCN=C1CN(C(=O)OC(C)(C)C)CC1=CN. The maximum absolute atomic E-state index is 12.1. The monoisotopic (exact) mass is 325 g/mol. The molecule has 0 spiro atoms. The molecule has 0 aliphatic carbocycles. The van der Waals surface area contributed by atoms with Crippen LogP contribution in [0.4, 0.5) is 4.79 Å². The van der Waals surface area contributed by atoms with Gasteiger partial charge in [0.2, 0.25) is 0 Å². The number of carbonyl (C=O) groups is 1. The van der Waals surface area contributed by atoms with E-state index in [0.717, 1.165) is 24.3 Å². The highest BCUT2D eigenvalue weighted by atomic mass is 16.6. The first-order valence-corrected chi connectivity index (χ1v) is 8.37. The maximum Gasteiger partial charge on any atom is 0.410 e. The fourth-order valence-electron chi connectivity index (χ4n) is 2.19. The number of amides is 1. The van der Waals surface area contributed by atoms with Gasteiger partial charge >= 0.3 is 6.09 Å². The minimum absolute atomic E-state index is 0.335. The molecule has 0 aromatic carbocycles. The van der Waals surface area contributed by atoms with Gasteiger partial charge in [-0.1, -0.05) is 19.8 Å². The van der Waals surface area contributed by atoms with Crippen molar-refractivity contribution in [1.29, 1.82) is 0 Å². The van der Waals surface area contributed by atoms with Gasteiger partial charge in [0.1, 0.15) is 5.60 Å². The Kier molecular flexibility index (Phi) is 8.09. The highest BCUT2D eigenvalue weighted by Gasteiger charge is 2.30. The van der Waals surface area contributed by atoms with Crippen molar-refractivity contribution < 1.29 is 14.3 Å². The van der Waals surface area contributed by atoms with Crippen LogP contribution in [-0.2, 0) is 9.47 Å². The fraction of sp³-hybridized carbons (Fsp3) is 0.765. The summed E-state index contributed by atoms with van der Waals surface area (Å²) in [6.07, 6.45) is 4.66. The number of rotatable bonds is 7. The molecule has 1 aliphatic rings. The van der Waals surface area contributed by atoms with E-state index in [1.165, 1.54) is 19.0 Å². The normalized spacial score (nSPS) is 18.9. The summed E-state index contributed by atoms with van der Waals surface area (Å²) in [7, 11) is 0. The third-order valence-electron chi connectivity index (χ3n) is 3.36. The minimum Gasteiger partial charge on any atom is -0.444 e. The molecule has 1 aliphatic heterocycles. The number of carbonyl (C=O) groups excluding carboxylic acids is 1. The van der Waals surface area contributed by atoms with Gasteiger partial charge < -0.3 is 15.2 Å². The van der Waals surface area contributed by atoms with E-state index in [1.54, 1.807) is 4.90 Å². The van der Waals surface area contributed by atoms with Crippen molar-refractivity contribution in [1.82, 2.24) is 4.90 Å². The van der Waals surface area contributed by atoms with Gasteiger partial charge in [0.15, 0.2) is 0 Å². The van der Waals surface area contributed by atoms with Crippen LogP contribution in [0.1, 0.15) is 47.0 Å². The highest BCUT2D eigenvalue weighted by Crippen LogP contribution is 2.17. The molecule has 6 nitrogen and oxygen atoms in total. The topological polar surface area (TPSA) is 77.1 Å². The van der Waals surface area contributed by atoms with Crippen LogP contribution >= 0.6 is 0 Å². The molecule has 132 valence electrons. The molecule has 0 atom stereocenters. The Morgan fingerprint density at radius 1 is 1.30 bits per heavy atom. The van der Waals surface area contributed by atoms with Gasteiger partial charge in [-0.3, -0.25) is 9.89 Å². The maximum atomic E-state index is 12.1. The zero-order valence-electron chi connectivity index (χ0n) is 14.9. The van der Waals surface area contributed by atoms with Gasteiger partial charge in [0.05, 0.1) is 32.0 Å². The van der Waals surface area contributed by atoms with Crippen LogP contribution in [0.15, 0.2) is 16.8 Å². The van der Waals surface area contributed by atoms with Crippen molar-refractivity contribution in [2.45, 2.75) is 52.6 Å². The summed E-state index contributed by atoms with van der Waals surface area (Å²) < 4.78 is 10.9. The van der Waals surface area contributed by atoms with Crippen molar-refractivity contribution in [3.05, 3.63) is 11.8 Å². The smallest absolute Gasteiger partial charge is 0.410 e. The number of nitrogens with zero attached hydrogens (tertiary/aromatic N) is 2. The van der Waals surface area contributed by atoms with Crippen LogP contribution in [0.5, 0.6) is 0 Å². The molecule has 1 rings (SSSR count). The van der Waals surface area contributed by atoms with Crippen LogP contribution in [0.25, 0.3) is 0 Å². The second kappa shape index (κ2) is 9.55. The Morgan fingerprint density at radius 3 is 2.65 bits per heavy atom. The lowest BCUT2D eigenvalue weighted by Gasteiger charge is -2.23. The fourth-order valence-corrected chi connectivity index (χ4v) is 2.19. The molecule has 0 bridgehead atoms. The van der Waals surface area contributed by atoms with Gasteiger partial charge in [0, 0.05) is 18.4 Å². The lowest BCUT2D eigenvalue weighted by molar-refractivity contribution is 0.0310. The first kappa shape index (κ1) is 19.5. The van der Waals surface area contributed by atoms with E-state index in [4.69, 9.17) is 15.2 Å². The zero-order chi connectivity index (χ0) is 17.3. The number of likely N-dealkylation sites (tertiary alicyclic amines) is 1. The molecule has 0 radical (unpaired) electrons. The summed E-state index contributed by atoms with van der Waals surface area (Å²) in [6.45, 7) is 10.6. The van der Waals surface area contributed by atoms with Gasteiger partial charge in [-0.2, -0.15) is 0 Å². The molecular weight excluding hydrogens is 294 g/mol. The summed E-state index contributed by atoms with van der Waals surface area (Å²) in [4.78, 5) is 18.2. The number of nitrogens with two attached hydrogens (primary N) is 1. The van der Waals surface area contributed by atoms with E-state index in [1.807, 2.05) is 20.8 Å². The molecule has 1 fully saturated rings. The van der Waals surface area contributed by atoms with E-state index >= 15 is 0 Å². The quantitative estimate of drug-likeness (QED) is 0.730. The molecule has 0 aromatic rings. The summed E-state index contributed by atoms with van der Waals surface area (Å²) in [5.41, 5.74) is 6.86. The van der Waals surface area contributed by atoms with Crippen molar-refractivity contribution in [2.75, 3.05) is 32.8 Å². The van der Waals surface area contributed by atoms with E-state index in [0.29, 0.717) is 26.2 Å². The minimum atomic E-state index is -0.504. The van der Waals surface area contributed by atoms with Crippen molar-refractivity contribution in [3.8, 4) is 0 Å². The van der Waals surface area contributed by atoms with Crippen molar-refractivity contribution in [3.63, 3.8) is 0 Å². The average molecular weight is 325 g/mol. The van der Waals surface area contributed by atoms with Crippen LogP contribution < -0.4 is 5.73 Å². The van der Waals surface area contributed by atoms with Gasteiger partial charge in [-0.25, -0.2) is 4.79 Å². The second-order valence-corrected chi connectivity index (χ2v) is 6.68. The van der Waals surface area contributed by atoms with Gasteiger partial charge in [-0.05, 0) is 27.2 Å². The molecule has 6 heteroatoms. The first-order chi connectivity index (χ1) is 10.9. The standard InChI is InChI=1S/C17H31N3O3/c1-5-6-7-9-22-10-8-19-15-13-20(12-14(15)11-18)16(21)23-17(2,3)4/h11H,5-10,12-13,18H2,1-4H3. The average Bonchev–Trinajstić information content (AvgIpc) is 2.88. The summed E-state index contributed by atoms with van der Waals surface area (Å²) in [6, 6.07) is 0. The summed E-state index contributed by atoms with van der Waals surface area (Å²) in [5, 5.41) is 0. The summed E-state index contributed by atoms with van der Waals surface area (Å²) in [5.74, 6) is 0. The molecule has 2 N–H and O–H groups in total. The Morgan fingerprint density at radius 2 is 2.04 bits per heavy atom. The number of unbranched alkanes of at least 4 members (excludes halogenated alkanes) is 2. The lowest BCUT2D eigenvalue weighted by atomic mass is 10.2. The lowest BCUT2D eigenvalue weighted by Crippen LogP contribution is -2.35. The number of hydrogen-bond donors (Lipinski definition) is 1. The highest BCUT2D eigenvalue weighted by molar-refractivity contribution is 6.06. The van der Waals surface area contributed by atoms with Crippen molar-refractivity contribution in [2.24, 2.45) is 10.7 Å². The predicted molar refractivity (Wildman–Crippen MR) is 92.7 cm³/mol. The molecule has 1 saturated heterocycles.